The summed E-state index contributed by atoms with van der Waals surface area (Å²) in [6, 6.07) is 16.2. The Morgan fingerprint density at radius 2 is 1.77 bits per heavy atom. The Hall–Kier alpha value is -2.46. The van der Waals surface area contributed by atoms with Crippen molar-refractivity contribution in [3.63, 3.8) is 0 Å². The zero-order chi connectivity index (χ0) is 15.5. The molecule has 3 aromatic rings. The van der Waals surface area contributed by atoms with Crippen LogP contribution in [-0.2, 0) is 0 Å². The van der Waals surface area contributed by atoms with Gasteiger partial charge in [-0.15, -0.1) is 0 Å². The van der Waals surface area contributed by atoms with E-state index in [1.807, 2.05) is 30.3 Å². The van der Waals surface area contributed by atoms with Crippen LogP contribution in [0.15, 0.2) is 74.4 Å². The lowest BCUT2D eigenvalue weighted by Crippen LogP contribution is -2.11. The van der Waals surface area contributed by atoms with Gasteiger partial charge in [-0.2, -0.15) is 0 Å². The summed E-state index contributed by atoms with van der Waals surface area (Å²) in [5.74, 6) is -0.373. The van der Waals surface area contributed by atoms with Gasteiger partial charge in [-0.1, -0.05) is 52.3 Å². The van der Waals surface area contributed by atoms with Crippen molar-refractivity contribution in [2.75, 3.05) is 0 Å². The molecule has 0 saturated heterocycles. The molecule has 1 aromatic heterocycles. The number of hydrogen-bond acceptors (Lipinski definition) is 3. The molecule has 22 heavy (non-hydrogen) atoms. The van der Waals surface area contributed by atoms with Gasteiger partial charge in [0.05, 0.1) is 0 Å². The number of rotatable bonds is 3. The van der Waals surface area contributed by atoms with E-state index in [0.29, 0.717) is 5.58 Å². The Labute approximate surface area is 135 Å². The summed E-state index contributed by atoms with van der Waals surface area (Å²) in [7, 11) is 0. The van der Waals surface area contributed by atoms with Crippen molar-refractivity contribution in [2.24, 2.45) is 0 Å². The zero-order valence-corrected chi connectivity index (χ0v) is 13.0. The molecule has 0 aliphatic carbocycles. The van der Waals surface area contributed by atoms with Crippen LogP contribution in [0, 0.1) is 0 Å². The number of carbonyl (C=O) groups excluding carboxylic acids is 1. The summed E-state index contributed by atoms with van der Waals surface area (Å²) in [6.45, 7) is 0. The number of halogens is 1. The normalized spacial score (nSPS) is 11.1. The van der Waals surface area contributed by atoms with Gasteiger partial charge in [0, 0.05) is 9.86 Å². The first-order valence-electron chi connectivity index (χ1n) is 6.64. The lowest BCUT2D eigenvalue weighted by Gasteiger charge is -1.99. The summed E-state index contributed by atoms with van der Waals surface area (Å²) in [5.41, 5.74) is 0.763. The molecule has 0 saturated carbocycles. The SMILES string of the molecule is O=C(C=Cc1ccc(Br)cc1)c1cc2ccccc2oc1=O. The highest BCUT2D eigenvalue weighted by Gasteiger charge is 2.10. The summed E-state index contributed by atoms with van der Waals surface area (Å²) in [5, 5.41) is 0.725. The van der Waals surface area contributed by atoms with Gasteiger partial charge in [-0.05, 0) is 35.9 Å². The molecule has 0 atom stereocenters. The van der Waals surface area contributed by atoms with Gasteiger partial charge in [-0.25, -0.2) is 4.79 Å². The molecular formula is C18H11BrO3. The van der Waals surface area contributed by atoms with Gasteiger partial charge in [0.25, 0.3) is 0 Å². The van der Waals surface area contributed by atoms with E-state index in [0.717, 1.165) is 15.4 Å². The van der Waals surface area contributed by atoms with E-state index in [4.69, 9.17) is 4.42 Å². The van der Waals surface area contributed by atoms with Gasteiger partial charge in [0.2, 0.25) is 0 Å². The molecule has 0 fully saturated rings. The average molecular weight is 355 g/mol. The molecule has 0 bridgehead atoms. The van der Waals surface area contributed by atoms with Crippen LogP contribution in [0.4, 0.5) is 0 Å². The molecule has 4 heteroatoms. The molecule has 0 aliphatic rings. The van der Waals surface area contributed by atoms with E-state index in [-0.39, 0.29) is 11.3 Å². The van der Waals surface area contributed by atoms with E-state index in [1.54, 1.807) is 30.3 Å². The van der Waals surface area contributed by atoms with Gasteiger partial charge in [0.15, 0.2) is 5.78 Å². The number of para-hydroxylation sites is 1. The molecule has 0 spiro atoms. The topological polar surface area (TPSA) is 47.3 Å². The average Bonchev–Trinajstić information content (AvgIpc) is 2.53. The Morgan fingerprint density at radius 1 is 1.05 bits per heavy atom. The molecule has 108 valence electrons. The van der Waals surface area contributed by atoms with Crippen LogP contribution in [0.25, 0.3) is 17.0 Å². The first-order chi connectivity index (χ1) is 10.6. The molecular weight excluding hydrogens is 344 g/mol. The Bertz CT molecular complexity index is 921. The van der Waals surface area contributed by atoms with Crippen LogP contribution in [0.1, 0.15) is 15.9 Å². The van der Waals surface area contributed by atoms with Gasteiger partial charge in [0.1, 0.15) is 11.1 Å². The van der Waals surface area contributed by atoms with Gasteiger partial charge in [-0.3, -0.25) is 4.79 Å². The Morgan fingerprint density at radius 3 is 2.55 bits per heavy atom. The van der Waals surface area contributed by atoms with E-state index in [9.17, 15) is 9.59 Å². The fraction of sp³-hybridized carbons (Fsp3) is 0. The predicted octanol–water partition coefficient (Wildman–Crippen LogP) is 4.45. The maximum atomic E-state index is 12.2. The van der Waals surface area contributed by atoms with Crippen molar-refractivity contribution in [1.29, 1.82) is 0 Å². The molecule has 0 aliphatic heterocycles. The van der Waals surface area contributed by atoms with Crippen LogP contribution in [-0.4, -0.2) is 5.78 Å². The molecule has 2 aromatic carbocycles. The maximum Gasteiger partial charge on any atom is 0.347 e. The highest BCUT2D eigenvalue weighted by Crippen LogP contribution is 2.14. The second-order valence-electron chi connectivity index (χ2n) is 4.73. The number of fused-ring (bicyclic) bond motifs is 1. The van der Waals surface area contributed by atoms with Crippen LogP contribution < -0.4 is 5.63 Å². The first kappa shape index (κ1) is 14.5. The first-order valence-corrected chi connectivity index (χ1v) is 7.44. The monoisotopic (exact) mass is 354 g/mol. The molecule has 0 N–H and O–H groups in total. The number of hydrogen-bond donors (Lipinski definition) is 0. The van der Waals surface area contributed by atoms with Gasteiger partial charge >= 0.3 is 5.63 Å². The molecule has 1 heterocycles. The Kier molecular flexibility index (Phi) is 4.02. The fourth-order valence-corrected chi connectivity index (χ4v) is 2.33. The van der Waals surface area contributed by atoms with E-state index in [1.165, 1.54) is 6.08 Å². The number of benzene rings is 2. The molecule has 0 radical (unpaired) electrons. The van der Waals surface area contributed by atoms with Crippen molar-refractivity contribution in [3.8, 4) is 0 Å². The third-order valence-corrected chi connectivity index (χ3v) is 3.73. The molecule has 3 rings (SSSR count). The summed E-state index contributed by atoms with van der Waals surface area (Å²) < 4.78 is 6.13. The van der Waals surface area contributed by atoms with Crippen LogP contribution in [0.3, 0.4) is 0 Å². The third-order valence-electron chi connectivity index (χ3n) is 3.20. The van der Waals surface area contributed by atoms with Crippen molar-refractivity contribution in [1.82, 2.24) is 0 Å². The summed E-state index contributed by atoms with van der Waals surface area (Å²) >= 11 is 3.35. The number of carbonyl (C=O) groups is 1. The minimum atomic E-state index is -0.621. The standard InChI is InChI=1S/C18H11BrO3/c19-14-8-5-12(6-9-14)7-10-16(20)15-11-13-3-1-2-4-17(13)22-18(15)21/h1-11H. The number of allylic oxidation sites excluding steroid dienone is 1. The molecule has 0 unspecified atom stereocenters. The third kappa shape index (κ3) is 3.07. The summed E-state index contributed by atoms with van der Waals surface area (Å²) in [4.78, 5) is 24.1. The van der Waals surface area contributed by atoms with E-state index < -0.39 is 5.63 Å². The van der Waals surface area contributed by atoms with Crippen LogP contribution in [0.5, 0.6) is 0 Å². The second-order valence-corrected chi connectivity index (χ2v) is 5.65. The second kappa shape index (κ2) is 6.12. The van der Waals surface area contributed by atoms with E-state index in [2.05, 4.69) is 15.9 Å². The largest absolute Gasteiger partial charge is 0.422 e. The smallest absolute Gasteiger partial charge is 0.347 e. The lowest BCUT2D eigenvalue weighted by atomic mass is 10.1. The quantitative estimate of drug-likeness (QED) is 0.396. The predicted molar refractivity (Wildman–Crippen MR) is 90.0 cm³/mol. The van der Waals surface area contributed by atoms with Crippen molar-refractivity contribution < 1.29 is 9.21 Å². The summed E-state index contributed by atoms with van der Waals surface area (Å²) in [6.07, 6.45) is 3.05. The number of ketones is 1. The zero-order valence-electron chi connectivity index (χ0n) is 11.5. The lowest BCUT2D eigenvalue weighted by molar-refractivity contribution is 0.104. The van der Waals surface area contributed by atoms with Gasteiger partial charge < -0.3 is 4.42 Å². The Balaban J connectivity index is 1.93. The maximum absolute atomic E-state index is 12.2. The minimum Gasteiger partial charge on any atom is -0.422 e. The van der Waals surface area contributed by atoms with E-state index >= 15 is 0 Å². The van der Waals surface area contributed by atoms with Crippen molar-refractivity contribution in [2.45, 2.75) is 0 Å². The molecule has 3 nitrogen and oxygen atoms in total. The van der Waals surface area contributed by atoms with Crippen LogP contribution >= 0.6 is 15.9 Å². The van der Waals surface area contributed by atoms with Crippen LogP contribution in [0.2, 0.25) is 0 Å². The van der Waals surface area contributed by atoms with Crippen molar-refractivity contribution >= 4 is 38.8 Å². The fourth-order valence-electron chi connectivity index (χ4n) is 2.07. The highest BCUT2D eigenvalue weighted by atomic mass is 79.9. The molecule has 0 amide bonds. The minimum absolute atomic E-state index is 0.0343. The van der Waals surface area contributed by atoms with Crippen molar-refractivity contribution in [3.05, 3.63) is 86.7 Å². The highest BCUT2D eigenvalue weighted by molar-refractivity contribution is 9.10.